The molecule has 0 radical (unpaired) electrons. The lowest BCUT2D eigenvalue weighted by Crippen LogP contribution is -2.35. The second-order valence-electron chi connectivity index (χ2n) is 20.1. The summed E-state index contributed by atoms with van der Waals surface area (Å²) in [6.07, 6.45) is -8.63. The van der Waals surface area contributed by atoms with E-state index in [1.165, 1.54) is 36.4 Å². The molecule has 0 unspecified atom stereocenters. The Kier molecular flexibility index (Phi) is 12.8. The number of amides is 2. The summed E-state index contributed by atoms with van der Waals surface area (Å²) in [7, 11) is -4.49. The first-order valence-electron chi connectivity index (χ1n) is 22.6. The summed E-state index contributed by atoms with van der Waals surface area (Å²) in [5.41, 5.74) is 7.72. The Bertz CT molecular complexity index is 2650. The standard InChI is InChI=1S/C46H52F6N8O8S/c1-43(2)19-33-37(35(61)21-43)39(45(47,48)49)57-59(33)25-9-15-29(41(53)63)31(17-25)55-23-5-11-27(12-6-23)67-69(65,66)68-28-13-7-24(8-14-28)56-32-18-26(10-16-30(32)42(54)64)60-34-20-44(3,4)22-36(62)38(34)40(58-60)46(50,51)52/h9-10,15-18,23-24,27-28,55-56H,5-8,11-14,19-22H2,1-4H3,(H2,53,63)(H2,54,64). The van der Waals surface area contributed by atoms with Gasteiger partial charge in [0.05, 0.1) is 57.2 Å². The molecule has 2 saturated carbocycles. The van der Waals surface area contributed by atoms with Crippen molar-refractivity contribution in [2.24, 2.45) is 22.3 Å². The smallest absolute Gasteiger partial charge is 0.382 e. The third kappa shape index (κ3) is 10.5. The highest BCUT2D eigenvalue weighted by molar-refractivity contribution is 7.81. The van der Waals surface area contributed by atoms with Crippen LogP contribution < -0.4 is 22.1 Å². The fourth-order valence-corrected chi connectivity index (χ4v) is 11.2. The van der Waals surface area contributed by atoms with Crippen LogP contribution in [0.15, 0.2) is 36.4 Å². The largest absolute Gasteiger partial charge is 0.435 e. The molecule has 4 aromatic rings. The maximum absolute atomic E-state index is 14.1. The van der Waals surface area contributed by atoms with Crippen molar-refractivity contribution in [3.63, 3.8) is 0 Å². The van der Waals surface area contributed by atoms with Gasteiger partial charge >= 0.3 is 22.8 Å². The minimum Gasteiger partial charge on any atom is -0.382 e. The minimum absolute atomic E-state index is 0.0617. The number of ketones is 2. The summed E-state index contributed by atoms with van der Waals surface area (Å²) in [5.74, 6) is -2.92. The fourth-order valence-electron chi connectivity index (χ4n) is 10.1. The number of rotatable bonds is 12. The van der Waals surface area contributed by atoms with E-state index in [4.69, 9.17) is 19.8 Å². The van der Waals surface area contributed by atoms with Crippen LogP contribution in [0, 0.1) is 10.8 Å². The van der Waals surface area contributed by atoms with Crippen LogP contribution in [0.25, 0.3) is 11.4 Å². The Morgan fingerprint density at radius 1 is 0.623 bits per heavy atom. The number of Topliss-reactive ketones (excluding diaryl/α,β-unsaturated/α-hetero) is 2. The highest BCUT2D eigenvalue weighted by Gasteiger charge is 2.47. The van der Waals surface area contributed by atoms with E-state index in [1.54, 1.807) is 27.7 Å². The maximum atomic E-state index is 14.1. The van der Waals surface area contributed by atoms with Crippen molar-refractivity contribution < 1.29 is 62.3 Å². The topological polar surface area (TPSA) is 233 Å². The molecular formula is C46H52F6N8O8S. The molecule has 0 aliphatic heterocycles. The van der Waals surface area contributed by atoms with Gasteiger partial charge in [0.2, 0.25) is 0 Å². The molecule has 0 spiro atoms. The summed E-state index contributed by atoms with van der Waals surface area (Å²) >= 11 is 0. The molecule has 23 heteroatoms. The second kappa shape index (κ2) is 17.9. The Balaban J connectivity index is 0.884. The first-order chi connectivity index (χ1) is 32.1. The summed E-state index contributed by atoms with van der Waals surface area (Å²) in [6.45, 7) is 7.13. The molecule has 8 rings (SSSR count). The molecule has 372 valence electrons. The van der Waals surface area contributed by atoms with Gasteiger partial charge in [0.25, 0.3) is 11.8 Å². The van der Waals surface area contributed by atoms with Crippen LogP contribution in [0.2, 0.25) is 0 Å². The lowest BCUT2D eigenvalue weighted by atomic mass is 9.75. The van der Waals surface area contributed by atoms with E-state index in [9.17, 15) is 53.9 Å². The number of halogens is 6. The van der Waals surface area contributed by atoms with E-state index in [2.05, 4.69) is 20.8 Å². The average Bonchev–Trinajstić information content (AvgIpc) is 3.81. The van der Waals surface area contributed by atoms with Gasteiger partial charge in [-0.25, -0.2) is 17.7 Å². The highest BCUT2D eigenvalue weighted by atomic mass is 32.3. The monoisotopic (exact) mass is 990 g/mol. The van der Waals surface area contributed by atoms with Crippen LogP contribution in [0.3, 0.4) is 0 Å². The van der Waals surface area contributed by atoms with Crippen LogP contribution in [0.4, 0.5) is 37.7 Å². The molecule has 4 aliphatic rings. The van der Waals surface area contributed by atoms with Crippen LogP contribution in [0.1, 0.15) is 156 Å². The molecule has 0 saturated heterocycles. The number of primary amides is 2. The maximum Gasteiger partial charge on any atom is 0.435 e. The van der Waals surface area contributed by atoms with Crippen molar-refractivity contribution in [3.8, 4) is 11.4 Å². The van der Waals surface area contributed by atoms with Crippen molar-refractivity contribution in [1.29, 1.82) is 0 Å². The first kappa shape index (κ1) is 49.6. The lowest BCUT2D eigenvalue weighted by molar-refractivity contribution is -0.142. The molecule has 2 heterocycles. The van der Waals surface area contributed by atoms with E-state index in [1.807, 2.05) is 0 Å². The molecule has 2 aromatic heterocycles. The number of nitrogens with two attached hydrogens (primary N) is 2. The van der Waals surface area contributed by atoms with Crippen molar-refractivity contribution in [2.45, 2.75) is 141 Å². The lowest BCUT2D eigenvalue weighted by Gasteiger charge is -2.32. The van der Waals surface area contributed by atoms with E-state index in [-0.39, 0.29) is 109 Å². The number of anilines is 2. The van der Waals surface area contributed by atoms with Gasteiger partial charge in [-0.05, 0) is 111 Å². The molecule has 2 fully saturated rings. The quantitative estimate of drug-likeness (QED) is 0.0989. The van der Waals surface area contributed by atoms with Crippen molar-refractivity contribution >= 4 is 45.2 Å². The van der Waals surface area contributed by atoms with Crippen molar-refractivity contribution in [1.82, 2.24) is 19.6 Å². The molecule has 0 bridgehead atoms. The van der Waals surface area contributed by atoms with Crippen LogP contribution in [-0.2, 0) is 44.0 Å². The number of fused-ring (bicyclic) bond motifs is 2. The summed E-state index contributed by atoms with van der Waals surface area (Å²) in [4.78, 5) is 50.9. The number of carbonyl (C=O) groups excluding carboxylic acids is 4. The van der Waals surface area contributed by atoms with Gasteiger partial charge in [-0.3, -0.25) is 19.2 Å². The zero-order chi connectivity index (χ0) is 50.2. The number of alkyl halides is 6. The molecule has 69 heavy (non-hydrogen) atoms. The Morgan fingerprint density at radius 2 is 0.971 bits per heavy atom. The van der Waals surface area contributed by atoms with Crippen LogP contribution >= 0.6 is 0 Å². The predicted molar refractivity (Wildman–Crippen MR) is 237 cm³/mol. The van der Waals surface area contributed by atoms with Gasteiger partial charge in [0.15, 0.2) is 23.0 Å². The number of nitrogens with one attached hydrogen (secondary N) is 2. The SMILES string of the molecule is CC1(C)CC(=O)c2c(C(F)(F)F)nn(-c3ccc(C(N)=O)c(NC4CCC(OS(=O)(=O)OC5CCC(Nc6cc(-n7nc(C(F)(F)F)c8c7CC(C)(C)CC8=O)ccc6C(N)=O)CC5)CC4)c3)c2C1. The number of aromatic nitrogens is 4. The zero-order valence-corrected chi connectivity index (χ0v) is 39.0. The number of hydrogen-bond donors (Lipinski definition) is 4. The summed E-state index contributed by atoms with van der Waals surface area (Å²) in [5, 5.41) is 14.2. The van der Waals surface area contributed by atoms with Crippen molar-refractivity contribution in [2.75, 3.05) is 10.6 Å². The molecule has 0 atom stereocenters. The first-order valence-corrected chi connectivity index (χ1v) is 23.9. The Hall–Kier alpha value is -5.81. The van der Waals surface area contributed by atoms with Crippen molar-refractivity contribution in [3.05, 3.63) is 81.4 Å². The van der Waals surface area contributed by atoms with Gasteiger partial charge in [0.1, 0.15) is 0 Å². The molecular weight excluding hydrogens is 939 g/mol. The van der Waals surface area contributed by atoms with Crippen LogP contribution in [-0.4, -0.2) is 75.7 Å². The van der Waals surface area contributed by atoms with Gasteiger partial charge in [-0.2, -0.15) is 45.0 Å². The Labute approximate surface area is 393 Å². The Morgan fingerprint density at radius 3 is 1.29 bits per heavy atom. The predicted octanol–water partition coefficient (Wildman–Crippen LogP) is 8.03. The van der Waals surface area contributed by atoms with Crippen LogP contribution in [0.5, 0.6) is 0 Å². The molecule has 16 nitrogen and oxygen atoms in total. The zero-order valence-electron chi connectivity index (χ0n) is 38.1. The molecule has 4 aliphatic carbocycles. The number of hydrogen-bond acceptors (Lipinski definition) is 12. The van der Waals surface area contributed by atoms with Gasteiger partial charge in [-0.15, -0.1) is 0 Å². The summed E-state index contributed by atoms with van der Waals surface area (Å²) < 4.78 is 124. The average molecular weight is 991 g/mol. The fraction of sp³-hybridized carbons (Fsp3) is 0.522. The number of carbonyl (C=O) groups is 4. The molecule has 2 aromatic carbocycles. The molecule has 6 N–H and O–H groups in total. The second-order valence-corrected chi connectivity index (χ2v) is 21.3. The van der Waals surface area contributed by atoms with E-state index in [0.717, 1.165) is 9.36 Å². The summed E-state index contributed by atoms with van der Waals surface area (Å²) in [6, 6.07) is 7.80. The third-order valence-corrected chi connectivity index (χ3v) is 14.2. The van der Waals surface area contributed by atoms with E-state index < -0.39 is 91.7 Å². The van der Waals surface area contributed by atoms with Gasteiger partial charge in [-0.1, -0.05) is 27.7 Å². The number of nitrogens with zero attached hydrogens (tertiary/aromatic N) is 4. The van der Waals surface area contributed by atoms with E-state index in [0.29, 0.717) is 25.7 Å². The third-order valence-electron chi connectivity index (χ3n) is 13.2. The number of benzene rings is 2. The normalized spacial score (nSPS) is 22.7. The highest BCUT2D eigenvalue weighted by Crippen LogP contribution is 2.44. The molecule has 2 amide bonds. The minimum atomic E-state index is -4.89. The van der Waals surface area contributed by atoms with Gasteiger partial charge < -0.3 is 22.1 Å². The van der Waals surface area contributed by atoms with E-state index >= 15 is 0 Å². The van der Waals surface area contributed by atoms with Gasteiger partial charge in [0, 0.05) is 36.3 Å².